The minimum absolute atomic E-state index is 0.0558. The molecule has 1 aliphatic heterocycles. The number of benzene rings is 2. The molecule has 0 saturated carbocycles. The first-order valence-corrected chi connectivity index (χ1v) is 11.1. The SMILES string of the molecule is COc1ccc(C(=O)Cn2nc(CNc3ccc(Br)cc3)[n+]3c2CCCCC3)cc1. The van der Waals surface area contributed by atoms with E-state index >= 15 is 0 Å². The zero-order valence-corrected chi connectivity index (χ0v) is 18.7. The lowest BCUT2D eigenvalue weighted by Crippen LogP contribution is -2.41. The largest absolute Gasteiger partial charge is 0.497 e. The summed E-state index contributed by atoms with van der Waals surface area (Å²) in [6.07, 6.45) is 4.41. The molecule has 0 unspecified atom stereocenters. The van der Waals surface area contributed by atoms with E-state index in [0.717, 1.165) is 53.4 Å². The van der Waals surface area contributed by atoms with Crippen LogP contribution in [0.2, 0.25) is 0 Å². The summed E-state index contributed by atoms with van der Waals surface area (Å²) in [4.78, 5) is 12.9. The minimum atomic E-state index is 0.0558. The summed E-state index contributed by atoms with van der Waals surface area (Å²) in [6.45, 7) is 1.82. The van der Waals surface area contributed by atoms with Gasteiger partial charge in [-0.25, -0.2) is 4.57 Å². The number of rotatable bonds is 7. The van der Waals surface area contributed by atoms with E-state index < -0.39 is 0 Å². The highest BCUT2D eigenvalue weighted by Crippen LogP contribution is 2.16. The van der Waals surface area contributed by atoms with Crippen LogP contribution in [0, 0.1) is 0 Å². The molecule has 3 aromatic rings. The van der Waals surface area contributed by atoms with Crippen LogP contribution in [0.4, 0.5) is 5.69 Å². The first kappa shape index (κ1) is 20.6. The molecular formula is C23H26BrN4O2+. The number of nitrogens with zero attached hydrogens (tertiary/aromatic N) is 3. The molecule has 4 rings (SSSR count). The van der Waals surface area contributed by atoms with Crippen molar-refractivity contribution >= 4 is 27.4 Å². The Balaban J connectivity index is 1.54. The van der Waals surface area contributed by atoms with Gasteiger partial charge in [-0.3, -0.25) is 4.79 Å². The molecule has 0 amide bonds. The Morgan fingerprint density at radius 1 is 1.13 bits per heavy atom. The van der Waals surface area contributed by atoms with Crippen LogP contribution in [0.3, 0.4) is 0 Å². The van der Waals surface area contributed by atoms with Gasteiger partial charge in [-0.15, -0.1) is 4.68 Å². The molecule has 1 N–H and O–H groups in total. The van der Waals surface area contributed by atoms with Crippen molar-refractivity contribution in [3.63, 3.8) is 0 Å². The molecule has 156 valence electrons. The van der Waals surface area contributed by atoms with Gasteiger partial charge in [0.05, 0.1) is 13.7 Å². The molecule has 0 atom stereocenters. The summed E-state index contributed by atoms with van der Waals surface area (Å²) in [5.41, 5.74) is 1.72. The normalized spacial score (nSPS) is 13.4. The highest BCUT2D eigenvalue weighted by atomic mass is 79.9. The van der Waals surface area contributed by atoms with Crippen molar-refractivity contribution in [1.82, 2.24) is 9.78 Å². The van der Waals surface area contributed by atoms with Crippen molar-refractivity contribution in [2.24, 2.45) is 0 Å². The van der Waals surface area contributed by atoms with E-state index in [4.69, 9.17) is 9.84 Å². The van der Waals surface area contributed by atoms with E-state index in [-0.39, 0.29) is 12.3 Å². The predicted molar refractivity (Wildman–Crippen MR) is 119 cm³/mol. The Hall–Kier alpha value is -2.67. The van der Waals surface area contributed by atoms with Gasteiger partial charge < -0.3 is 10.1 Å². The van der Waals surface area contributed by atoms with E-state index in [2.05, 4.69) is 25.8 Å². The maximum atomic E-state index is 12.9. The smallest absolute Gasteiger partial charge is 0.296 e. The number of ketones is 1. The first-order valence-electron chi connectivity index (χ1n) is 10.3. The molecule has 30 heavy (non-hydrogen) atoms. The molecule has 0 saturated heterocycles. The standard InChI is InChI=1S/C23H26BrN4O2/c1-30-20-12-6-17(7-13-20)21(29)16-28-23-5-3-2-4-14-27(23)22(26-28)15-25-19-10-8-18(24)9-11-19/h6-13,25H,2-5,14-16H2,1H3/q+1. The summed E-state index contributed by atoms with van der Waals surface area (Å²) in [6, 6.07) is 15.4. The first-order chi connectivity index (χ1) is 14.6. The van der Waals surface area contributed by atoms with Crippen LogP contribution in [0.5, 0.6) is 5.75 Å². The maximum absolute atomic E-state index is 12.9. The van der Waals surface area contributed by atoms with Crippen LogP contribution >= 0.6 is 15.9 Å². The number of hydrogen-bond donors (Lipinski definition) is 1. The Bertz CT molecular complexity index is 1010. The van der Waals surface area contributed by atoms with Gasteiger partial charge in [-0.2, -0.15) is 0 Å². The van der Waals surface area contributed by atoms with Gasteiger partial charge in [0.1, 0.15) is 12.3 Å². The lowest BCUT2D eigenvalue weighted by Gasteiger charge is -2.04. The van der Waals surface area contributed by atoms with Crippen molar-refractivity contribution in [3.8, 4) is 5.75 Å². The third-order valence-electron chi connectivity index (χ3n) is 5.44. The predicted octanol–water partition coefficient (Wildman–Crippen LogP) is 4.16. The van der Waals surface area contributed by atoms with E-state index in [9.17, 15) is 4.79 Å². The molecule has 0 aliphatic carbocycles. The third kappa shape index (κ3) is 4.73. The number of carbonyl (C=O) groups excluding carboxylic acids is 1. The number of anilines is 1. The Labute approximate surface area is 185 Å². The van der Waals surface area contributed by atoms with Gasteiger partial charge in [0.15, 0.2) is 12.3 Å². The van der Waals surface area contributed by atoms with Crippen molar-refractivity contribution in [1.29, 1.82) is 0 Å². The molecule has 0 fully saturated rings. The minimum Gasteiger partial charge on any atom is -0.497 e. The van der Waals surface area contributed by atoms with Crippen molar-refractivity contribution in [3.05, 3.63) is 70.2 Å². The van der Waals surface area contributed by atoms with Crippen molar-refractivity contribution in [2.45, 2.75) is 45.3 Å². The van der Waals surface area contributed by atoms with E-state index in [1.54, 1.807) is 7.11 Å². The van der Waals surface area contributed by atoms with Crippen LogP contribution < -0.4 is 14.6 Å². The monoisotopic (exact) mass is 469 g/mol. The quantitative estimate of drug-likeness (QED) is 0.416. The number of fused-ring (bicyclic) bond motifs is 1. The lowest BCUT2D eigenvalue weighted by atomic mass is 10.1. The topological polar surface area (TPSA) is 60.0 Å². The van der Waals surface area contributed by atoms with Crippen LogP contribution in [0.25, 0.3) is 0 Å². The molecule has 0 bridgehead atoms. The molecule has 1 aliphatic rings. The van der Waals surface area contributed by atoms with Gasteiger partial charge in [-0.1, -0.05) is 15.9 Å². The maximum Gasteiger partial charge on any atom is 0.296 e. The Morgan fingerprint density at radius 3 is 2.63 bits per heavy atom. The van der Waals surface area contributed by atoms with Crippen molar-refractivity contribution < 1.29 is 14.1 Å². The summed E-state index contributed by atoms with van der Waals surface area (Å²) < 4.78 is 10.4. The van der Waals surface area contributed by atoms with Gasteiger partial charge in [0.2, 0.25) is 5.82 Å². The molecule has 2 heterocycles. The highest BCUT2D eigenvalue weighted by Gasteiger charge is 2.28. The molecule has 6 nitrogen and oxygen atoms in total. The lowest BCUT2D eigenvalue weighted by molar-refractivity contribution is -0.710. The number of Topliss-reactive ketones (excluding diaryl/α,β-unsaturated/α-hetero) is 1. The van der Waals surface area contributed by atoms with Crippen molar-refractivity contribution in [2.75, 3.05) is 12.4 Å². The summed E-state index contributed by atoms with van der Waals surface area (Å²) >= 11 is 3.47. The number of nitrogens with one attached hydrogen (secondary N) is 1. The van der Waals surface area contributed by atoms with Crippen LogP contribution in [0.1, 0.15) is 41.3 Å². The van der Waals surface area contributed by atoms with Crippen LogP contribution in [0.15, 0.2) is 53.0 Å². The third-order valence-corrected chi connectivity index (χ3v) is 5.97. The van der Waals surface area contributed by atoms with Gasteiger partial charge in [0.25, 0.3) is 5.82 Å². The average molecular weight is 470 g/mol. The number of ether oxygens (including phenoxy) is 1. The zero-order valence-electron chi connectivity index (χ0n) is 17.1. The Kier molecular flexibility index (Phi) is 6.47. The Morgan fingerprint density at radius 2 is 1.90 bits per heavy atom. The van der Waals surface area contributed by atoms with Gasteiger partial charge in [-0.05, 0) is 67.8 Å². The molecular weight excluding hydrogens is 444 g/mol. The van der Waals surface area contributed by atoms with Crippen LogP contribution in [-0.4, -0.2) is 22.7 Å². The number of carbonyl (C=O) groups is 1. The molecule has 0 radical (unpaired) electrons. The number of aromatic nitrogens is 3. The fraction of sp³-hybridized carbons (Fsp3) is 0.348. The van der Waals surface area contributed by atoms with Gasteiger partial charge in [0, 0.05) is 27.2 Å². The summed E-state index contributed by atoms with van der Waals surface area (Å²) in [7, 11) is 1.62. The fourth-order valence-corrected chi connectivity index (χ4v) is 4.07. The second kappa shape index (κ2) is 9.43. The number of hydrogen-bond acceptors (Lipinski definition) is 4. The molecule has 2 aromatic carbocycles. The summed E-state index contributed by atoms with van der Waals surface area (Å²) in [5, 5.41) is 8.28. The molecule has 1 aromatic heterocycles. The second-order valence-corrected chi connectivity index (χ2v) is 8.38. The van der Waals surface area contributed by atoms with E-state index in [0.29, 0.717) is 12.1 Å². The average Bonchev–Trinajstić information content (AvgIpc) is 2.93. The molecule has 7 heteroatoms. The zero-order chi connectivity index (χ0) is 20.9. The number of halogens is 1. The van der Waals surface area contributed by atoms with E-state index in [1.165, 1.54) is 6.42 Å². The fourth-order valence-electron chi connectivity index (χ4n) is 3.80. The van der Waals surface area contributed by atoms with Gasteiger partial charge >= 0.3 is 0 Å². The highest BCUT2D eigenvalue weighted by molar-refractivity contribution is 9.10. The molecule has 0 spiro atoms. The number of methoxy groups -OCH3 is 1. The van der Waals surface area contributed by atoms with E-state index in [1.807, 2.05) is 53.2 Å². The summed E-state index contributed by atoms with van der Waals surface area (Å²) in [5.74, 6) is 2.91. The van der Waals surface area contributed by atoms with Crippen LogP contribution in [-0.2, 0) is 26.1 Å². The second-order valence-electron chi connectivity index (χ2n) is 7.46.